The van der Waals surface area contributed by atoms with E-state index in [0.29, 0.717) is 13.0 Å². The van der Waals surface area contributed by atoms with Crippen molar-refractivity contribution in [2.24, 2.45) is 13.0 Å². The smallest absolute Gasteiger partial charge is 0.142 e. The Labute approximate surface area is 164 Å². The second kappa shape index (κ2) is 8.16. The lowest BCUT2D eigenvalue weighted by atomic mass is 9.90. The fourth-order valence-corrected chi connectivity index (χ4v) is 3.84. The van der Waals surface area contributed by atoms with Crippen LogP contribution in [0.4, 0.5) is 0 Å². The maximum absolute atomic E-state index is 12.7. The summed E-state index contributed by atoms with van der Waals surface area (Å²) in [7, 11) is 1.89. The Hall–Kier alpha value is -2.64. The Morgan fingerprint density at radius 1 is 1.14 bits per heavy atom. The number of hydrogen-bond acceptors (Lipinski definition) is 6. The van der Waals surface area contributed by atoms with Gasteiger partial charge in [-0.3, -0.25) is 19.4 Å². The highest BCUT2D eigenvalue weighted by atomic mass is 16.3. The summed E-state index contributed by atoms with van der Waals surface area (Å²) in [6.45, 7) is 2.62. The highest BCUT2D eigenvalue weighted by Crippen LogP contribution is 2.24. The minimum absolute atomic E-state index is 0.0901. The van der Waals surface area contributed by atoms with Crippen molar-refractivity contribution in [1.82, 2.24) is 24.6 Å². The second-order valence-electron chi connectivity index (χ2n) is 7.48. The number of nitrogens with zero attached hydrogens (tertiary/aromatic N) is 5. The van der Waals surface area contributed by atoms with E-state index in [4.69, 9.17) is 5.11 Å². The lowest BCUT2D eigenvalue weighted by molar-refractivity contribution is -0.123. The first-order chi connectivity index (χ1) is 13.6. The maximum atomic E-state index is 12.7. The standard InChI is InChI=1S/C21H25N5O2/c1-25-14-18(12-24-25)17-8-16-9-19(22-13-20(16)23-11-17)10-21(28)15-2-4-26(5-3-15)6-7-27/h8-9,11-15,27H,2-7,10H2,1H3. The molecule has 0 saturated carbocycles. The van der Waals surface area contributed by atoms with Crippen molar-refractivity contribution in [3.05, 3.63) is 42.6 Å². The van der Waals surface area contributed by atoms with Gasteiger partial charge in [0.15, 0.2) is 0 Å². The average Bonchev–Trinajstić information content (AvgIpc) is 3.14. The SMILES string of the molecule is Cn1cc(-c2cnc3cnc(CC(=O)C4CCN(CCO)CC4)cc3c2)cn1. The number of Topliss-reactive ketones (excluding diaryl/α,β-unsaturated/α-hetero) is 1. The third-order valence-electron chi connectivity index (χ3n) is 5.48. The first-order valence-corrected chi connectivity index (χ1v) is 9.72. The minimum Gasteiger partial charge on any atom is -0.395 e. The monoisotopic (exact) mass is 379 g/mol. The number of carbonyl (C=O) groups is 1. The molecule has 4 rings (SSSR count). The van der Waals surface area contributed by atoms with Crippen LogP contribution in [-0.2, 0) is 18.3 Å². The molecule has 1 saturated heterocycles. The number of aromatic nitrogens is 4. The lowest BCUT2D eigenvalue weighted by Gasteiger charge is -2.30. The van der Waals surface area contributed by atoms with Crippen molar-refractivity contribution in [2.75, 3.05) is 26.2 Å². The van der Waals surface area contributed by atoms with E-state index in [9.17, 15) is 4.79 Å². The summed E-state index contributed by atoms with van der Waals surface area (Å²) in [5.74, 6) is 0.346. The van der Waals surface area contributed by atoms with Gasteiger partial charge in [0.2, 0.25) is 0 Å². The number of aliphatic hydroxyl groups excluding tert-OH is 1. The number of carbonyl (C=O) groups excluding carboxylic acids is 1. The van der Waals surface area contributed by atoms with Crippen LogP contribution in [0.3, 0.4) is 0 Å². The van der Waals surface area contributed by atoms with Gasteiger partial charge >= 0.3 is 0 Å². The topological polar surface area (TPSA) is 84.1 Å². The number of rotatable bonds is 6. The van der Waals surface area contributed by atoms with Crippen molar-refractivity contribution in [1.29, 1.82) is 0 Å². The minimum atomic E-state index is 0.0901. The van der Waals surface area contributed by atoms with Gasteiger partial charge < -0.3 is 10.0 Å². The molecule has 3 aromatic heterocycles. The summed E-state index contributed by atoms with van der Waals surface area (Å²) in [6, 6.07) is 4.05. The molecule has 3 aromatic rings. The van der Waals surface area contributed by atoms with E-state index in [0.717, 1.165) is 53.7 Å². The van der Waals surface area contributed by atoms with Gasteiger partial charge in [0.1, 0.15) is 5.78 Å². The normalized spacial score (nSPS) is 15.9. The fourth-order valence-electron chi connectivity index (χ4n) is 3.84. The number of piperidine rings is 1. The predicted octanol–water partition coefficient (Wildman–Crippen LogP) is 1.85. The lowest BCUT2D eigenvalue weighted by Crippen LogP contribution is -2.38. The number of β-amino-alcohol motifs (C(OH)–C–C–N with tert-alkyl or cyclic N) is 1. The quantitative estimate of drug-likeness (QED) is 0.704. The summed E-state index contributed by atoms with van der Waals surface area (Å²) in [5, 5.41) is 14.2. The van der Waals surface area contributed by atoms with E-state index >= 15 is 0 Å². The molecule has 1 aliphatic rings. The Kier molecular flexibility index (Phi) is 5.45. The van der Waals surface area contributed by atoms with Gasteiger partial charge in [-0.2, -0.15) is 5.10 Å². The van der Waals surface area contributed by atoms with Gasteiger partial charge in [0.05, 0.1) is 24.5 Å². The summed E-state index contributed by atoms with van der Waals surface area (Å²) < 4.78 is 1.77. The van der Waals surface area contributed by atoms with Crippen LogP contribution >= 0.6 is 0 Å². The highest BCUT2D eigenvalue weighted by Gasteiger charge is 2.24. The molecule has 0 amide bonds. The average molecular weight is 379 g/mol. The predicted molar refractivity (Wildman–Crippen MR) is 107 cm³/mol. The Morgan fingerprint density at radius 3 is 2.68 bits per heavy atom. The molecular weight excluding hydrogens is 354 g/mol. The molecule has 0 unspecified atom stereocenters. The highest BCUT2D eigenvalue weighted by molar-refractivity contribution is 5.86. The van der Waals surface area contributed by atoms with Crippen LogP contribution in [-0.4, -0.2) is 61.8 Å². The number of ketones is 1. The van der Waals surface area contributed by atoms with Crippen LogP contribution < -0.4 is 0 Å². The van der Waals surface area contributed by atoms with Gasteiger partial charge in [0.25, 0.3) is 0 Å². The molecule has 0 bridgehead atoms. The van der Waals surface area contributed by atoms with Crippen LogP contribution in [0.15, 0.2) is 36.9 Å². The number of pyridine rings is 2. The van der Waals surface area contributed by atoms with Gasteiger partial charge in [-0.15, -0.1) is 0 Å². The van der Waals surface area contributed by atoms with E-state index in [1.54, 1.807) is 10.9 Å². The number of likely N-dealkylation sites (tertiary alicyclic amines) is 1. The van der Waals surface area contributed by atoms with E-state index in [-0.39, 0.29) is 18.3 Å². The molecule has 0 radical (unpaired) electrons. The van der Waals surface area contributed by atoms with Crippen LogP contribution in [0, 0.1) is 5.92 Å². The molecule has 1 aliphatic heterocycles. The van der Waals surface area contributed by atoms with Crippen molar-refractivity contribution in [3.63, 3.8) is 0 Å². The van der Waals surface area contributed by atoms with Gasteiger partial charge in [0, 0.05) is 60.5 Å². The summed E-state index contributed by atoms with van der Waals surface area (Å²) in [5.41, 5.74) is 3.63. The fraction of sp³-hybridized carbons (Fsp3) is 0.429. The summed E-state index contributed by atoms with van der Waals surface area (Å²) in [4.78, 5) is 23.9. The second-order valence-corrected chi connectivity index (χ2v) is 7.48. The molecule has 7 heteroatoms. The van der Waals surface area contributed by atoms with Crippen LogP contribution in [0.2, 0.25) is 0 Å². The Morgan fingerprint density at radius 2 is 1.96 bits per heavy atom. The van der Waals surface area contributed by atoms with Crippen LogP contribution in [0.1, 0.15) is 18.5 Å². The zero-order valence-electron chi connectivity index (χ0n) is 16.1. The van der Waals surface area contributed by atoms with Crippen LogP contribution in [0.25, 0.3) is 22.0 Å². The number of hydrogen-bond donors (Lipinski definition) is 1. The number of aryl methyl sites for hydroxylation is 1. The zero-order valence-corrected chi connectivity index (χ0v) is 16.1. The van der Waals surface area contributed by atoms with Crippen molar-refractivity contribution in [2.45, 2.75) is 19.3 Å². The molecule has 4 heterocycles. The molecular formula is C21H25N5O2. The summed E-state index contributed by atoms with van der Waals surface area (Å²) in [6.07, 6.45) is 9.42. The van der Waals surface area contributed by atoms with Crippen molar-refractivity contribution in [3.8, 4) is 11.1 Å². The van der Waals surface area contributed by atoms with E-state index in [1.165, 1.54) is 0 Å². The molecule has 7 nitrogen and oxygen atoms in total. The third-order valence-corrected chi connectivity index (χ3v) is 5.48. The van der Waals surface area contributed by atoms with E-state index in [1.807, 2.05) is 31.7 Å². The number of fused-ring (bicyclic) bond motifs is 1. The van der Waals surface area contributed by atoms with Crippen molar-refractivity contribution >= 4 is 16.7 Å². The molecule has 0 aromatic carbocycles. The first-order valence-electron chi connectivity index (χ1n) is 9.72. The first kappa shape index (κ1) is 18.7. The number of aliphatic hydroxyl groups is 1. The molecule has 146 valence electrons. The Bertz CT molecular complexity index is 976. The molecule has 28 heavy (non-hydrogen) atoms. The van der Waals surface area contributed by atoms with E-state index < -0.39 is 0 Å². The third kappa shape index (κ3) is 4.10. The maximum Gasteiger partial charge on any atom is 0.142 e. The van der Waals surface area contributed by atoms with Crippen LogP contribution in [0.5, 0.6) is 0 Å². The van der Waals surface area contributed by atoms with Gasteiger partial charge in [-0.05, 0) is 38.1 Å². The molecule has 1 N–H and O–H groups in total. The molecule has 0 aliphatic carbocycles. The largest absolute Gasteiger partial charge is 0.395 e. The zero-order chi connectivity index (χ0) is 19.5. The van der Waals surface area contributed by atoms with E-state index in [2.05, 4.69) is 26.0 Å². The summed E-state index contributed by atoms with van der Waals surface area (Å²) >= 11 is 0. The molecule has 1 fully saturated rings. The Balaban J connectivity index is 1.47. The van der Waals surface area contributed by atoms with Gasteiger partial charge in [-0.1, -0.05) is 0 Å². The molecule has 0 atom stereocenters. The van der Waals surface area contributed by atoms with Crippen molar-refractivity contribution < 1.29 is 9.90 Å². The molecule has 0 spiro atoms. The van der Waals surface area contributed by atoms with Gasteiger partial charge in [-0.25, -0.2) is 0 Å².